The Morgan fingerprint density at radius 2 is 1.72 bits per heavy atom. The highest BCUT2D eigenvalue weighted by Crippen LogP contribution is 2.34. The van der Waals surface area contributed by atoms with Crippen LogP contribution in [0.4, 0.5) is 5.69 Å². The second kappa shape index (κ2) is 8.69. The second-order valence-corrected chi connectivity index (χ2v) is 10.7. The van der Waals surface area contributed by atoms with E-state index in [0.29, 0.717) is 13.1 Å². The van der Waals surface area contributed by atoms with Crippen LogP contribution in [-0.2, 0) is 20.0 Å². The number of sulfonamides is 2. The van der Waals surface area contributed by atoms with E-state index in [0.717, 1.165) is 12.8 Å². The molecule has 158 valence electrons. The largest absolute Gasteiger partial charge is 0.492 e. The first-order chi connectivity index (χ1) is 13.7. The zero-order valence-corrected chi connectivity index (χ0v) is 18.7. The molecular formula is C18H20Cl2N2O5S2. The van der Waals surface area contributed by atoms with Gasteiger partial charge in [-0.15, -0.1) is 0 Å². The van der Waals surface area contributed by atoms with Gasteiger partial charge in [0.2, 0.25) is 10.0 Å². The van der Waals surface area contributed by atoms with Gasteiger partial charge >= 0.3 is 0 Å². The molecule has 29 heavy (non-hydrogen) atoms. The maximum absolute atomic E-state index is 13.0. The molecule has 2 aromatic carbocycles. The third-order valence-electron chi connectivity index (χ3n) is 4.38. The van der Waals surface area contributed by atoms with E-state index >= 15 is 0 Å². The molecule has 0 saturated carbocycles. The number of nitrogens with zero attached hydrogens (tertiary/aromatic N) is 1. The molecular weight excluding hydrogens is 459 g/mol. The highest BCUT2D eigenvalue weighted by atomic mass is 35.5. The molecule has 1 saturated heterocycles. The van der Waals surface area contributed by atoms with E-state index in [9.17, 15) is 16.8 Å². The van der Waals surface area contributed by atoms with Crippen LogP contribution in [0.5, 0.6) is 5.75 Å². The summed E-state index contributed by atoms with van der Waals surface area (Å²) in [5.74, 6) is 0.170. The average Bonchev–Trinajstić information content (AvgIpc) is 3.20. The lowest BCUT2D eigenvalue weighted by Crippen LogP contribution is -2.28. The molecule has 2 aromatic rings. The Labute approximate surface area is 180 Å². The molecule has 0 radical (unpaired) electrons. The van der Waals surface area contributed by atoms with Gasteiger partial charge in [-0.1, -0.05) is 29.3 Å². The molecule has 1 aliphatic heterocycles. The van der Waals surface area contributed by atoms with Gasteiger partial charge in [-0.2, -0.15) is 4.31 Å². The van der Waals surface area contributed by atoms with E-state index in [-0.39, 0.29) is 37.9 Å². The van der Waals surface area contributed by atoms with Gasteiger partial charge < -0.3 is 4.74 Å². The zero-order valence-electron chi connectivity index (χ0n) is 15.6. The van der Waals surface area contributed by atoms with Crippen molar-refractivity contribution in [1.29, 1.82) is 0 Å². The summed E-state index contributed by atoms with van der Waals surface area (Å²) < 4.78 is 60.8. The van der Waals surface area contributed by atoms with E-state index in [1.54, 1.807) is 6.92 Å². The van der Waals surface area contributed by atoms with E-state index in [2.05, 4.69) is 4.72 Å². The summed E-state index contributed by atoms with van der Waals surface area (Å²) in [4.78, 5) is -0.289. The lowest BCUT2D eigenvalue weighted by molar-refractivity contribution is 0.330. The van der Waals surface area contributed by atoms with Crippen LogP contribution in [-0.4, -0.2) is 40.8 Å². The lowest BCUT2D eigenvalue weighted by Gasteiger charge is -2.19. The Morgan fingerprint density at radius 3 is 2.38 bits per heavy atom. The summed E-state index contributed by atoms with van der Waals surface area (Å²) in [5.41, 5.74) is 0.0715. The minimum absolute atomic E-state index is 0.0715. The standard InChI is InChI=1S/C18H20Cl2N2O5S2/c1-2-27-15-9-8-13(12-17(15)29(25,26)22-10-3-4-11-22)21-28(23,24)16-7-5-6-14(19)18(16)20/h5-9,12,21H,2-4,10-11H2,1H3. The average molecular weight is 479 g/mol. The van der Waals surface area contributed by atoms with E-state index in [1.807, 2.05) is 0 Å². The predicted molar refractivity (Wildman–Crippen MR) is 113 cm³/mol. The molecule has 7 nitrogen and oxygen atoms in total. The fraction of sp³-hybridized carbons (Fsp3) is 0.333. The van der Waals surface area contributed by atoms with Crippen LogP contribution in [0.15, 0.2) is 46.2 Å². The lowest BCUT2D eigenvalue weighted by atomic mass is 10.3. The molecule has 1 N–H and O–H groups in total. The minimum Gasteiger partial charge on any atom is -0.492 e. The summed E-state index contributed by atoms with van der Waals surface area (Å²) >= 11 is 11.9. The van der Waals surface area contributed by atoms with Crippen LogP contribution in [0, 0.1) is 0 Å². The fourth-order valence-corrected chi connectivity index (χ4v) is 6.50. The third-order valence-corrected chi connectivity index (χ3v) is 8.66. The Morgan fingerprint density at radius 1 is 1.03 bits per heavy atom. The van der Waals surface area contributed by atoms with Crippen molar-refractivity contribution in [2.75, 3.05) is 24.4 Å². The summed E-state index contributed by atoms with van der Waals surface area (Å²) in [7, 11) is -7.91. The van der Waals surface area contributed by atoms with E-state index in [1.165, 1.54) is 40.7 Å². The number of halogens is 2. The molecule has 0 aromatic heterocycles. The minimum atomic E-state index is -4.09. The van der Waals surface area contributed by atoms with Gasteiger partial charge in [-0.25, -0.2) is 16.8 Å². The first kappa shape index (κ1) is 22.2. The molecule has 0 amide bonds. The van der Waals surface area contributed by atoms with E-state index < -0.39 is 20.0 Å². The number of hydrogen-bond acceptors (Lipinski definition) is 5. The van der Waals surface area contributed by atoms with Crippen molar-refractivity contribution in [3.63, 3.8) is 0 Å². The SMILES string of the molecule is CCOc1ccc(NS(=O)(=O)c2cccc(Cl)c2Cl)cc1S(=O)(=O)N1CCCC1. The van der Waals surface area contributed by atoms with Crippen molar-refractivity contribution in [2.24, 2.45) is 0 Å². The molecule has 1 aliphatic rings. The number of benzene rings is 2. The van der Waals surface area contributed by atoms with Crippen LogP contribution in [0.3, 0.4) is 0 Å². The first-order valence-electron chi connectivity index (χ1n) is 8.90. The smallest absolute Gasteiger partial charge is 0.263 e. The zero-order chi connectivity index (χ0) is 21.2. The Hall–Kier alpha value is -1.52. The molecule has 11 heteroatoms. The topological polar surface area (TPSA) is 92.8 Å². The van der Waals surface area contributed by atoms with Crippen molar-refractivity contribution in [3.05, 3.63) is 46.4 Å². The molecule has 0 spiro atoms. The van der Waals surface area contributed by atoms with Crippen LogP contribution in [0.2, 0.25) is 10.0 Å². The van der Waals surface area contributed by atoms with Gasteiger partial charge in [0.25, 0.3) is 10.0 Å². The van der Waals surface area contributed by atoms with Crippen molar-refractivity contribution in [2.45, 2.75) is 29.6 Å². The van der Waals surface area contributed by atoms with Gasteiger partial charge in [0.1, 0.15) is 15.5 Å². The van der Waals surface area contributed by atoms with E-state index in [4.69, 9.17) is 27.9 Å². The number of hydrogen-bond donors (Lipinski definition) is 1. The maximum Gasteiger partial charge on any atom is 0.263 e. The van der Waals surface area contributed by atoms with Gasteiger partial charge in [0.05, 0.1) is 22.3 Å². The maximum atomic E-state index is 13.0. The van der Waals surface area contributed by atoms with Crippen molar-refractivity contribution >= 4 is 48.9 Å². The van der Waals surface area contributed by atoms with Crippen LogP contribution in [0.25, 0.3) is 0 Å². The predicted octanol–water partition coefficient (Wildman–Crippen LogP) is 3.98. The normalized spacial score (nSPS) is 15.4. The quantitative estimate of drug-likeness (QED) is 0.649. The fourth-order valence-electron chi connectivity index (χ4n) is 3.02. The Kier molecular flexibility index (Phi) is 6.64. The van der Waals surface area contributed by atoms with Crippen LogP contribution >= 0.6 is 23.2 Å². The summed E-state index contributed by atoms with van der Waals surface area (Å²) in [5, 5.41) is -0.0175. The van der Waals surface area contributed by atoms with Gasteiger partial charge in [0.15, 0.2) is 0 Å². The monoisotopic (exact) mass is 478 g/mol. The van der Waals surface area contributed by atoms with Gasteiger partial charge in [-0.05, 0) is 50.1 Å². The molecule has 1 fully saturated rings. The van der Waals surface area contributed by atoms with Crippen molar-refractivity contribution in [1.82, 2.24) is 4.31 Å². The molecule has 0 bridgehead atoms. The number of nitrogens with one attached hydrogen (secondary N) is 1. The van der Waals surface area contributed by atoms with Crippen molar-refractivity contribution in [3.8, 4) is 5.75 Å². The number of anilines is 1. The molecule has 1 heterocycles. The molecule has 0 atom stereocenters. The Balaban J connectivity index is 2.02. The molecule has 0 unspecified atom stereocenters. The highest BCUT2D eigenvalue weighted by molar-refractivity contribution is 7.93. The Bertz CT molecular complexity index is 1120. The van der Waals surface area contributed by atoms with Crippen LogP contribution < -0.4 is 9.46 Å². The van der Waals surface area contributed by atoms with Crippen molar-refractivity contribution < 1.29 is 21.6 Å². The third kappa shape index (κ3) is 4.64. The number of ether oxygens (including phenoxy) is 1. The van der Waals surface area contributed by atoms with Gasteiger partial charge in [-0.3, -0.25) is 4.72 Å². The second-order valence-electron chi connectivity index (χ2n) is 6.36. The molecule has 0 aliphatic carbocycles. The first-order valence-corrected chi connectivity index (χ1v) is 12.6. The number of rotatable bonds is 7. The summed E-state index contributed by atoms with van der Waals surface area (Å²) in [6.45, 7) is 2.85. The summed E-state index contributed by atoms with van der Waals surface area (Å²) in [6, 6.07) is 8.38. The molecule has 3 rings (SSSR count). The summed E-state index contributed by atoms with van der Waals surface area (Å²) in [6.07, 6.45) is 1.56. The van der Waals surface area contributed by atoms with Gasteiger partial charge in [0, 0.05) is 13.1 Å². The highest BCUT2D eigenvalue weighted by Gasteiger charge is 2.31. The van der Waals surface area contributed by atoms with Crippen LogP contribution in [0.1, 0.15) is 19.8 Å².